The summed E-state index contributed by atoms with van der Waals surface area (Å²) in [7, 11) is 0. The second kappa shape index (κ2) is 4.33. The summed E-state index contributed by atoms with van der Waals surface area (Å²) in [6, 6.07) is -1.71. The molecule has 1 unspecified atom stereocenters. The number of hydrogen-bond donors (Lipinski definition) is 1. The van der Waals surface area contributed by atoms with Crippen LogP contribution in [0.25, 0.3) is 0 Å². The highest BCUT2D eigenvalue weighted by atomic mass is 19.4. The average molecular weight is 233 g/mol. The fraction of sp³-hybridized carbons (Fsp3) is 0.375. The van der Waals surface area contributed by atoms with Crippen molar-refractivity contribution in [3.05, 3.63) is 12.4 Å². The summed E-state index contributed by atoms with van der Waals surface area (Å²) in [5, 5.41) is 3.54. The minimum absolute atomic E-state index is 0.126. The fourth-order valence-corrected chi connectivity index (χ4v) is 0.915. The van der Waals surface area contributed by atoms with Gasteiger partial charge in [0.05, 0.1) is 12.4 Å². The zero-order valence-electron chi connectivity index (χ0n) is 8.44. The van der Waals surface area contributed by atoms with Crippen molar-refractivity contribution in [2.45, 2.75) is 19.1 Å². The summed E-state index contributed by atoms with van der Waals surface area (Å²) < 4.78 is 37.7. The van der Waals surface area contributed by atoms with Crippen LogP contribution in [-0.2, 0) is 0 Å². The molecule has 0 saturated carbocycles. The zero-order chi connectivity index (χ0) is 12.3. The van der Waals surface area contributed by atoms with Crippen molar-refractivity contribution >= 4 is 18.4 Å². The van der Waals surface area contributed by atoms with Gasteiger partial charge < -0.3 is 5.73 Å². The van der Waals surface area contributed by atoms with E-state index in [2.05, 4.69) is 21.8 Å². The van der Waals surface area contributed by atoms with E-state index < -0.39 is 12.2 Å². The topological polar surface area (TPSA) is 68.6 Å². The molecule has 1 rings (SSSR count). The first-order valence-electron chi connectivity index (χ1n) is 4.26. The number of guanidine groups is 1. The Bertz CT molecular complexity index is 406. The normalized spacial score (nSPS) is 14.9. The summed E-state index contributed by atoms with van der Waals surface area (Å²) in [5.41, 5.74) is 5.43. The van der Waals surface area contributed by atoms with Crippen LogP contribution in [0.15, 0.2) is 22.4 Å². The maximum Gasteiger partial charge on any atom is 0.410 e. The lowest BCUT2D eigenvalue weighted by Gasteiger charge is -2.15. The first kappa shape index (κ1) is 12.2. The quantitative estimate of drug-likeness (QED) is 0.623. The van der Waals surface area contributed by atoms with Crippen LogP contribution in [0.5, 0.6) is 0 Å². The third-order valence-electron chi connectivity index (χ3n) is 1.86. The fourth-order valence-electron chi connectivity index (χ4n) is 0.915. The summed E-state index contributed by atoms with van der Waals surface area (Å²) >= 11 is 0. The van der Waals surface area contributed by atoms with Crippen molar-refractivity contribution in [3.63, 3.8) is 0 Å². The maximum absolute atomic E-state index is 12.3. The number of hydrogen-bond acceptors (Lipinski definition) is 2. The Kier molecular flexibility index (Phi) is 3.31. The van der Waals surface area contributed by atoms with Gasteiger partial charge in [-0.15, -0.1) is 0 Å². The zero-order valence-corrected chi connectivity index (χ0v) is 8.44. The van der Waals surface area contributed by atoms with Crippen molar-refractivity contribution in [2.24, 2.45) is 15.7 Å². The van der Waals surface area contributed by atoms with E-state index in [0.29, 0.717) is 0 Å². The molecule has 0 bridgehead atoms. The van der Waals surface area contributed by atoms with Gasteiger partial charge in [0.1, 0.15) is 11.7 Å². The van der Waals surface area contributed by atoms with Gasteiger partial charge in [0.2, 0.25) is 5.96 Å². The molecule has 16 heavy (non-hydrogen) atoms. The van der Waals surface area contributed by atoms with E-state index in [-0.39, 0.29) is 11.6 Å². The Hall–Kier alpha value is -1.86. The van der Waals surface area contributed by atoms with Crippen molar-refractivity contribution in [3.8, 4) is 0 Å². The van der Waals surface area contributed by atoms with E-state index in [0.717, 1.165) is 17.8 Å². The minimum atomic E-state index is -4.35. The lowest BCUT2D eigenvalue weighted by atomic mass is 10.3. The summed E-state index contributed by atoms with van der Waals surface area (Å²) in [4.78, 5) is 6.98. The van der Waals surface area contributed by atoms with Crippen LogP contribution in [-0.4, -0.2) is 28.6 Å². The van der Waals surface area contributed by atoms with E-state index in [9.17, 15) is 13.2 Å². The van der Waals surface area contributed by atoms with E-state index >= 15 is 0 Å². The third-order valence-corrected chi connectivity index (χ3v) is 1.86. The molecule has 0 radical (unpaired) electrons. The van der Waals surface area contributed by atoms with Crippen molar-refractivity contribution in [1.82, 2.24) is 9.78 Å². The van der Waals surface area contributed by atoms with Crippen LogP contribution in [0.2, 0.25) is 0 Å². The summed E-state index contributed by atoms with van der Waals surface area (Å²) in [6.45, 7) is 4.12. The van der Waals surface area contributed by atoms with Crippen molar-refractivity contribution < 1.29 is 13.2 Å². The number of rotatable bonds is 2. The molecule has 1 heterocycles. The Morgan fingerprint density at radius 3 is 2.75 bits per heavy atom. The van der Waals surface area contributed by atoms with Crippen LogP contribution in [0.4, 0.5) is 18.9 Å². The summed E-state index contributed by atoms with van der Waals surface area (Å²) in [6.07, 6.45) is -2.05. The largest absolute Gasteiger partial charge is 0.410 e. The van der Waals surface area contributed by atoms with Crippen LogP contribution < -0.4 is 5.73 Å². The second-order valence-electron chi connectivity index (χ2n) is 3.02. The predicted molar refractivity (Wildman–Crippen MR) is 53.8 cm³/mol. The molecule has 0 amide bonds. The van der Waals surface area contributed by atoms with Crippen LogP contribution in [0.1, 0.15) is 13.0 Å². The van der Waals surface area contributed by atoms with E-state index in [1.165, 1.54) is 6.20 Å². The van der Waals surface area contributed by atoms with E-state index in [1.807, 2.05) is 0 Å². The standard InChI is InChI=1S/C8H10F3N5/c1-5(8(9,10)11)16-4-6(3-14-16)15-7(12)13-2/h3-5H,2H2,1H3,(H2,12,15). The lowest BCUT2D eigenvalue weighted by molar-refractivity contribution is -0.165. The number of alkyl halides is 3. The molecular weight excluding hydrogens is 223 g/mol. The van der Waals surface area contributed by atoms with Gasteiger partial charge in [-0.3, -0.25) is 4.68 Å². The Balaban J connectivity index is 2.91. The monoisotopic (exact) mass is 233 g/mol. The second-order valence-corrected chi connectivity index (χ2v) is 3.02. The first-order chi connectivity index (χ1) is 7.34. The highest BCUT2D eigenvalue weighted by molar-refractivity contribution is 5.84. The van der Waals surface area contributed by atoms with Gasteiger partial charge in [0.15, 0.2) is 0 Å². The third kappa shape index (κ3) is 2.81. The van der Waals surface area contributed by atoms with Crippen molar-refractivity contribution in [2.75, 3.05) is 0 Å². The average Bonchev–Trinajstić information content (AvgIpc) is 2.63. The molecule has 0 aromatic carbocycles. The van der Waals surface area contributed by atoms with Gasteiger partial charge >= 0.3 is 6.18 Å². The number of halogens is 3. The molecule has 8 heteroatoms. The molecule has 0 saturated heterocycles. The van der Waals surface area contributed by atoms with Crippen LogP contribution >= 0.6 is 0 Å². The summed E-state index contributed by atoms with van der Waals surface area (Å²) in [5.74, 6) is -0.126. The number of nitrogens with zero attached hydrogens (tertiary/aromatic N) is 4. The Labute approximate surface area is 89.5 Å². The Morgan fingerprint density at radius 2 is 2.25 bits per heavy atom. The van der Waals surface area contributed by atoms with Crippen molar-refractivity contribution in [1.29, 1.82) is 0 Å². The van der Waals surface area contributed by atoms with Crippen LogP contribution in [0.3, 0.4) is 0 Å². The lowest BCUT2D eigenvalue weighted by Crippen LogP contribution is -2.23. The van der Waals surface area contributed by atoms with Gasteiger partial charge in [-0.05, 0) is 13.6 Å². The van der Waals surface area contributed by atoms with Gasteiger partial charge in [0, 0.05) is 0 Å². The van der Waals surface area contributed by atoms with Gasteiger partial charge in [0.25, 0.3) is 0 Å². The molecule has 0 fully saturated rings. The molecule has 0 aliphatic carbocycles. The molecule has 1 aromatic heterocycles. The molecule has 0 spiro atoms. The minimum Gasteiger partial charge on any atom is -0.368 e. The smallest absolute Gasteiger partial charge is 0.368 e. The molecular formula is C8H10F3N5. The highest BCUT2D eigenvalue weighted by Crippen LogP contribution is 2.30. The SMILES string of the molecule is C=NC(N)=Nc1cnn(C(C)C(F)(F)F)c1. The number of aliphatic imine (C=N–C) groups is 2. The molecule has 1 aromatic rings. The first-order valence-corrected chi connectivity index (χ1v) is 4.26. The molecule has 0 aliphatic rings. The highest BCUT2D eigenvalue weighted by Gasteiger charge is 2.37. The predicted octanol–water partition coefficient (Wildman–Crippen LogP) is 1.65. The molecule has 5 nitrogen and oxygen atoms in total. The van der Waals surface area contributed by atoms with E-state index in [4.69, 9.17) is 5.73 Å². The molecule has 1 atom stereocenters. The molecule has 2 N–H and O–H groups in total. The molecule has 0 aliphatic heterocycles. The van der Waals surface area contributed by atoms with Crippen LogP contribution in [0, 0.1) is 0 Å². The Morgan fingerprint density at radius 1 is 1.62 bits per heavy atom. The van der Waals surface area contributed by atoms with Gasteiger partial charge in [-0.25, -0.2) is 9.98 Å². The van der Waals surface area contributed by atoms with Gasteiger partial charge in [-0.2, -0.15) is 18.3 Å². The van der Waals surface area contributed by atoms with E-state index in [1.54, 1.807) is 0 Å². The maximum atomic E-state index is 12.3. The number of aromatic nitrogens is 2. The molecule has 88 valence electrons. The number of nitrogens with two attached hydrogens (primary N) is 1. The van der Waals surface area contributed by atoms with Gasteiger partial charge in [-0.1, -0.05) is 0 Å².